The topological polar surface area (TPSA) is 45.2 Å². The van der Waals surface area contributed by atoms with E-state index in [2.05, 4.69) is 22.1 Å². The highest BCUT2D eigenvalue weighted by atomic mass is 32.1. The first-order valence-corrected chi connectivity index (χ1v) is 7.35. The van der Waals surface area contributed by atoms with Crippen molar-refractivity contribution in [3.05, 3.63) is 11.1 Å². The Morgan fingerprint density at radius 3 is 2.67 bits per heavy atom. The monoisotopic (exact) mass is 267 g/mol. The van der Waals surface area contributed by atoms with Gasteiger partial charge in [0.1, 0.15) is 0 Å². The van der Waals surface area contributed by atoms with Crippen molar-refractivity contribution >= 4 is 22.4 Å². The summed E-state index contributed by atoms with van der Waals surface area (Å²) in [6.45, 7) is 7.95. The van der Waals surface area contributed by atoms with Crippen molar-refractivity contribution in [3.63, 3.8) is 0 Å². The second-order valence-electron chi connectivity index (χ2n) is 5.18. The summed E-state index contributed by atoms with van der Waals surface area (Å²) in [7, 11) is 0. The number of nitrogens with one attached hydrogen (secondary N) is 1. The number of rotatable bonds is 3. The zero-order valence-electron chi connectivity index (χ0n) is 11.3. The fourth-order valence-corrected chi connectivity index (χ4v) is 3.03. The number of nitrogens with zero attached hydrogens (tertiary/aromatic N) is 2. The molecule has 0 aromatic carbocycles. The Hall–Kier alpha value is -1.10. The van der Waals surface area contributed by atoms with E-state index in [1.54, 1.807) is 11.3 Å². The first-order valence-electron chi connectivity index (χ1n) is 6.54. The lowest BCUT2D eigenvalue weighted by atomic mass is 9.96. The number of hydrogen-bond donors (Lipinski definition) is 1. The van der Waals surface area contributed by atoms with Crippen LogP contribution in [0.2, 0.25) is 0 Å². The van der Waals surface area contributed by atoms with Gasteiger partial charge in [0.2, 0.25) is 5.91 Å². The molecule has 1 fully saturated rings. The van der Waals surface area contributed by atoms with E-state index in [-0.39, 0.29) is 17.9 Å². The van der Waals surface area contributed by atoms with E-state index in [4.69, 9.17) is 0 Å². The van der Waals surface area contributed by atoms with Crippen LogP contribution in [0, 0.1) is 12.8 Å². The lowest BCUT2D eigenvalue weighted by Crippen LogP contribution is -2.42. The largest absolute Gasteiger partial charge is 0.354 e. The van der Waals surface area contributed by atoms with Crippen molar-refractivity contribution in [1.29, 1.82) is 0 Å². The van der Waals surface area contributed by atoms with Gasteiger partial charge in [0, 0.05) is 36.1 Å². The Morgan fingerprint density at radius 1 is 1.50 bits per heavy atom. The smallest absolute Gasteiger partial charge is 0.223 e. The van der Waals surface area contributed by atoms with Gasteiger partial charge in [0.05, 0.1) is 0 Å². The van der Waals surface area contributed by atoms with Gasteiger partial charge in [-0.25, -0.2) is 4.98 Å². The minimum Gasteiger partial charge on any atom is -0.354 e. The SMILES string of the molecule is Cc1cnc(N2CCC(C(=O)NC(C)C)CC2)s1. The molecule has 1 aliphatic heterocycles. The molecule has 5 heteroatoms. The minimum absolute atomic E-state index is 0.171. The number of thiazole rings is 1. The predicted molar refractivity (Wildman–Crippen MR) is 75.1 cm³/mol. The first kappa shape index (κ1) is 13.3. The molecule has 0 saturated carbocycles. The molecule has 0 atom stereocenters. The number of anilines is 1. The predicted octanol–water partition coefficient (Wildman–Crippen LogP) is 2.19. The van der Waals surface area contributed by atoms with Crippen molar-refractivity contribution in [2.24, 2.45) is 5.92 Å². The molecule has 4 nitrogen and oxygen atoms in total. The number of aromatic nitrogens is 1. The summed E-state index contributed by atoms with van der Waals surface area (Å²) in [5, 5.41) is 4.09. The maximum atomic E-state index is 11.9. The van der Waals surface area contributed by atoms with E-state index >= 15 is 0 Å². The number of carbonyl (C=O) groups excluding carboxylic acids is 1. The Morgan fingerprint density at radius 2 is 2.17 bits per heavy atom. The van der Waals surface area contributed by atoms with Crippen molar-refractivity contribution < 1.29 is 4.79 Å². The number of hydrogen-bond acceptors (Lipinski definition) is 4. The summed E-state index contributed by atoms with van der Waals surface area (Å²) in [6, 6.07) is 0.233. The van der Waals surface area contributed by atoms with Crippen LogP contribution in [0.5, 0.6) is 0 Å². The molecule has 100 valence electrons. The van der Waals surface area contributed by atoms with Crippen LogP contribution in [-0.4, -0.2) is 30.0 Å². The van der Waals surface area contributed by atoms with E-state index in [0.29, 0.717) is 0 Å². The number of piperidine rings is 1. The quantitative estimate of drug-likeness (QED) is 0.913. The van der Waals surface area contributed by atoms with Gasteiger partial charge in [-0.1, -0.05) is 0 Å². The maximum Gasteiger partial charge on any atom is 0.223 e. The van der Waals surface area contributed by atoms with Gasteiger partial charge in [-0.05, 0) is 33.6 Å². The molecule has 1 amide bonds. The number of carbonyl (C=O) groups is 1. The molecule has 0 unspecified atom stereocenters. The fourth-order valence-electron chi connectivity index (χ4n) is 2.22. The molecule has 2 heterocycles. The molecule has 1 saturated heterocycles. The molecule has 0 spiro atoms. The lowest BCUT2D eigenvalue weighted by molar-refractivity contribution is -0.126. The highest BCUT2D eigenvalue weighted by Gasteiger charge is 2.26. The molecular weight excluding hydrogens is 246 g/mol. The van der Waals surface area contributed by atoms with E-state index in [1.807, 2.05) is 20.0 Å². The van der Waals surface area contributed by atoms with Gasteiger partial charge in [0.25, 0.3) is 0 Å². The highest BCUT2D eigenvalue weighted by Crippen LogP contribution is 2.26. The molecule has 1 N–H and O–H groups in total. The van der Waals surface area contributed by atoms with Crippen molar-refractivity contribution in [1.82, 2.24) is 10.3 Å². The van der Waals surface area contributed by atoms with Crippen LogP contribution in [0.4, 0.5) is 5.13 Å². The van der Waals surface area contributed by atoms with E-state index in [0.717, 1.165) is 31.1 Å². The molecular formula is C13H21N3OS. The van der Waals surface area contributed by atoms with Gasteiger partial charge in [-0.2, -0.15) is 0 Å². The van der Waals surface area contributed by atoms with Gasteiger partial charge in [-0.15, -0.1) is 11.3 Å². The Kier molecular flexibility index (Phi) is 4.22. The summed E-state index contributed by atoms with van der Waals surface area (Å²) in [5.74, 6) is 0.379. The third kappa shape index (κ3) is 3.22. The van der Waals surface area contributed by atoms with Crippen LogP contribution in [0.15, 0.2) is 6.20 Å². The normalized spacial score (nSPS) is 17.2. The third-order valence-electron chi connectivity index (χ3n) is 3.18. The van der Waals surface area contributed by atoms with Gasteiger partial charge in [0.15, 0.2) is 5.13 Å². The number of aryl methyl sites for hydroxylation is 1. The average Bonchev–Trinajstić information content (AvgIpc) is 2.75. The molecule has 0 radical (unpaired) electrons. The van der Waals surface area contributed by atoms with Crippen LogP contribution in [0.3, 0.4) is 0 Å². The van der Waals surface area contributed by atoms with Gasteiger partial charge >= 0.3 is 0 Å². The maximum absolute atomic E-state index is 11.9. The number of amides is 1. The van der Waals surface area contributed by atoms with Crippen LogP contribution < -0.4 is 10.2 Å². The summed E-state index contributed by atoms with van der Waals surface area (Å²) in [5.41, 5.74) is 0. The van der Waals surface area contributed by atoms with E-state index in [1.165, 1.54) is 4.88 Å². The second-order valence-corrected chi connectivity index (χ2v) is 6.39. The average molecular weight is 267 g/mol. The Bertz CT molecular complexity index is 408. The fraction of sp³-hybridized carbons (Fsp3) is 0.692. The molecule has 0 bridgehead atoms. The third-order valence-corrected chi connectivity index (χ3v) is 4.15. The molecule has 0 aliphatic carbocycles. The first-order chi connectivity index (χ1) is 8.56. The Balaban J connectivity index is 1.86. The zero-order chi connectivity index (χ0) is 13.1. The summed E-state index contributed by atoms with van der Waals surface area (Å²) in [4.78, 5) is 19.8. The van der Waals surface area contributed by atoms with Crippen molar-refractivity contribution in [2.45, 2.75) is 39.7 Å². The standard InChI is InChI=1S/C13H21N3OS/c1-9(2)15-12(17)11-4-6-16(7-5-11)13-14-8-10(3)18-13/h8-9,11H,4-7H2,1-3H3,(H,15,17). The summed E-state index contributed by atoms with van der Waals surface area (Å²) >= 11 is 1.73. The summed E-state index contributed by atoms with van der Waals surface area (Å²) in [6.07, 6.45) is 3.77. The minimum atomic E-state index is 0.171. The van der Waals surface area contributed by atoms with Crippen LogP contribution in [0.1, 0.15) is 31.6 Å². The molecule has 1 aromatic heterocycles. The van der Waals surface area contributed by atoms with Crippen molar-refractivity contribution in [3.8, 4) is 0 Å². The zero-order valence-corrected chi connectivity index (χ0v) is 12.1. The molecule has 2 rings (SSSR count). The van der Waals surface area contributed by atoms with Crippen molar-refractivity contribution in [2.75, 3.05) is 18.0 Å². The lowest BCUT2D eigenvalue weighted by Gasteiger charge is -2.31. The highest BCUT2D eigenvalue weighted by molar-refractivity contribution is 7.15. The van der Waals surface area contributed by atoms with Crippen LogP contribution >= 0.6 is 11.3 Å². The van der Waals surface area contributed by atoms with E-state index < -0.39 is 0 Å². The van der Waals surface area contributed by atoms with Gasteiger partial charge < -0.3 is 10.2 Å². The van der Waals surface area contributed by atoms with E-state index in [9.17, 15) is 4.79 Å². The molecule has 18 heavy (non-hydrogen) atoms. The van der Waals surface area contributed by atoms with Crippen LogP contribution in [0.25, 0.3) is 0 Å². The Labute approximate surface area is 112 Å². The second kappa shape index (κ2) is 5.69. The van der Waals surface area contributed by atoms with Crippen LogP contribution in [-0.2, 0) is 4.79 Å². The molecule has 1 aliphatic rings. The summed E-state index contributed by atoms with van der Waals surface area (Å²) < 4.78 is 0. The molecule has 1 aromatic rings. The van der Waals surface area contributed by atoms with Gasteiger partial charge in [-0.3, -0.25) is 4.79 Å².